The van der Waals surface area contributed by atoms with Gasteiger partial charge in [0.05, 0.1) is 6.61 Å². The van der Waals surface area contributed by atoms with E-state index in [2.05, 4.69) is 32.5 Å². The third kappa shape index (κ3) is 7.92. The van der Waals surface area contributed by atoms with Crippen molar-refractivity contribution in [3.8, 4) is 0 Å². The molecule has 2 heterocycles. The van der Waals surface area contributed by atoms with Crippen LogP contribution in [-0.4, -0.2) is 106 Å². The van der Waals surface area contributed by atoms with Crippen LogP contribution in [0.3, 0.4) is 0 Å². The lowest BCUT2D eigenvalue weighted by atomic mass is 10.1. The summed E-state index contributed by atoms with van der Waals surface area (Å²) in [7, 11) is 4.02. The smallest absolute Gasteiger partial charge is 0.409 e. The molecule has 1 amide bonds. The highest BCUT2D eigenvalue weighted by molar-refractivity contribution is 5.80. The van der Waals surface area contributed by atoms with Gasteiger partial charge in [0.25, 0.3) is 0 Å². The molecule has 0 aliphatic carbocycles. The number of rotatable bonds is 6. The highest BCUT2D eigenvalue weighted by atomic mass is 16.6. The number of aliphatic imine (C=N–C) groups is 1. The van der Waals surface area contributed by atoms with Crippen LogP contribution < -0.4 is 10.6 Å². The second kappa shape index (κ2) is 12.0. The van der Waals surface area contributed by atoms with Gasteiger partial charge in [0.1, 0.15) is 0 Å². The van der Waals surface area contributed by atoms with E-state index in [4.69, 9.17) is 4.74 Å². The zero-order valence-corrected chi connectivity index (χ0v) is 17.4. The minimum atomic E-state index is -0.196. The number of piperidine rings is 1. The van der Waals surface area contributed by atoms with Crippen LogP contribution in [0.5, 0.6) is 0 Å². The fourth-order valence-electron chi connectivity index (χ4n) is 3.64. The topological polar surface area (TPSA) is 72.4 Å². The first-order valence-corrected chi connectivity index (χ1v) is 10.4. The highest BCUT2D eigenvalue weighted by Crippen LogP contribution is 2.11. The van der Waals surface area contributed by atoms with Crippen molar-refractivity contribution in [3.63, 3.8) is 0 Å². The van der Waals surface area contributed by atoms with Crippen molar-refractivity contribution in [1.29, 1.82) is 0 Å². The van der Waals surface area contributed by atoms with Gasteiger partial charge in [0.2, 0.25) is 0 Å². The lowest BCUT2D eigenvalue weighted by molar-refractivity contribution is 0.0963. The van der Waals surface area contributed by atoms with Gasteiger partial charge >= 0.3 is 6.09 Å². The number of nitrogens with zero attached hydrogens (tertiary/aromatic N) is 4. The van der Waals surface area contributed by atoms with E-state index in [1.807, 2.05) is 14.0 Å². The number of likely N-dealkylation sites (tertiary alicyclic amines) is 1. The predicted octanol–water partition coefficient (Wildman–Crippen LogP) is 0.800. The van der Waals surface area contributed by atoms with Crippen LogP contribution in [-0.2, 0) is 4.74 Å². The molecule has 0 spiro atoms. The lowest BCUT2D eigenvalue weighted by Gasteiger charge is -2.32. The van der Waals surface area contributed by atoms with Crippen LogP contribution in [0.15, 0.2) is 4.99 Å². The summed E-state index contributed by atoms with van der Waals surface area (Å²) >= 11 is 0. The van der Waals surface area contributed by atoms with Crippen molar-refractivity contribution >= 4 is 12.1 Å². The van der Waals surface area contributed by atoms with Gasteiger partial charge in [0.15, 0.2) is 5.96 Å². The molecule has 0 saturated carbocycles. The maximum absolute atomic E-state index is 11.8. The quantitative estimate of drug-likeness (QED) is 0.402. The molecule has 0 aromatic rings. The number of amides is 1. The molecular weight excluding hydrogens is 344 g/mol. The Labute approximate surface area is 164 Å². The largest absolute Gasteiger partial charge is 0.450 e. The monoisotopic (exact) mass is 382 g/mol. The highest BCUT2D eigenvalue weighted by Gasteiger charge is 2.24. The van der Waals surface area contributed by atoms with Gasteiger partial charge in [0, 0.05) is 45.8 Å². The molecule has 0 aromatic heterocycles. The molecule has 0 atom stereocenters. The Hall–Kier alpha value is -1.54. The zero-order valence-electron chi connectivity index (χ0n) is 17.4. The first-order chi connectivity index (χ1) is 13.1. The SMILES string of the molecule is CCOC(=O)N1CCC(NC(=NC)NCCCN2CCCN(C)CC2)CC1. The molecule has 2 N–H and O–H groups in total. The number of guanidine groups is 1. The Morgan fingerprint density at radius 2 is 1.93 bits per heavy atom. The Bertz CT molecular complexity index is 465. The number of carbonyl (C=O) groups is 1. The van der Waals surface area contributed by atoms with Crippen LogP contribution in [0.2, 0.25) is 0 Å². The summed E-state index contributed by atoms with van der Waals surface area (Å²) < 4.78 is 5.07. The van der Waals surface area contributed by atoms with E-state index in [1.165, 1.54) is 32.6 Å². The van der Waals surface area contributed by atoms with Crippen LogP contribution in [0.4, 0.5) is 4.79 Å². The minimum absolute atomic E-state index is 0.196. The summed E-state index contributed by atoms with van der Waals surface area (Å²) in [6, 6.07) is 0.350. The number of hydrogen-bond acceptors (Lipinski definition) is 5. The number of hydrogen-bond donors (Lipinski definition) is 2. The fourth-order valence-corrected chi connectivity index (χ4v) is 3.64. The van der Waals surface area contributed by atoms with E-state index in [1.54, 1.807) is 4.90 Å². The molecule has 0 bridgehead atoms. The van der Waals surface area contributed by atoms with Gasteiger partial charge in [-0.05, 0) is 59.3 Å². The third-order valence-corrected chi connectivity index (χ3v) is 5.34. The van der Waals surface area contributed by atoms with E-state index < -0.39 is 0 Å². The molecule has 0 aromatic carbocycles. The predicted molar refractivity (Wildman–Crippen MR) is 109 cm³/mol. The second-order valence-corrected chi connectivity index (χ2v) is 7.46. The Kier molecular flexibility index (Phi) is 9.69. The number of nitrogens with one attached hydrogen (secondary N) is 2. The summed E-state index contributed by atoms with van der Waals surface area (Å²) in [5.74, 6) is 0.861. The minimum Gasteiger partial charge on any atom is -0.450 e. The summed E-state index contributed by atoms with van der Waals surface area (Å²) in [5, 5.41) is 6.92. The van der Waals surface area contributed by atoms with Crippen molar-refractivity contribution in [2.45, 2.75) is 38.6 Å². The summed E-state index contributed by atoms with van der Waals surface area (Å²) in [5.41, 5.74) is 0. The van der Waals surface area contributed by atoms with Crippen molar-refractivity contribution < 1.29 is 9.53 Å². The van der Waals surface area contributed by atoms with Crippen LogP contribution in [0, 0.1) is 0 Å². The number of ether oxygens (including phenoxy) is 1. The fraction of sp³-hybridized carbons (Fsp3) is 0.895. The number of likely N-dealkylation sites (N-methyl/N-ethyl adjacent to an activating group) is 1. The van der Waals surface area contributed by atoms with E-state index in [0.717, 1.165) is 51.4 Å². The number of carbonyl (C=O) groups excluding carboxylic acids is 1. The first-order valence-electron chi connectivity index (χ1n) is 10.4. The Morgan fingerprint density at radius 1 is 1.15 bits per heavy atom. The first kappa shape index (κ1) is 21.8. The standard InChI is InChI=1S/C19H38N6O2/c1-4-27-19(26)25-13-7-17(8-14-25)22-18(20-2)21-9-5-11-24-12-6-10-23(3)15-16-24/h17H,4-16H2,1-3H3,(H2,20,21,22). The van der Waals surface area contributed by atoms with Gasteiger partial charge in [-0.25, -0.2) is 4.79 Å². The summed E-state index contributed by atoms with van der Waals surface area (Å²) in [6.07, 6.45) is 4.02. The molecule has 156 valence electrons. The van der Waals surface area contributed by atoms with Crippen molar-refractivity contribution in [3.05, 3.63) is 0 Å². The summed E-state index contributed by atoms with van der Waals surface area (Å²) in [4.78, 5) is 22.9. The maximum atomic E-state index is 11.8. The van der Waals surface area contributed by atoms with Gasteiger partial charge in [-0.15, -0.1) is 0 Å². The third-order valence-electron chi connectivity index (χ3n) is 5.34. The van der Waals surface area contributed by atoms with Crippen LogP contribution in [0.25, 0.3) is 0 Å². The molecule has 0 unspecified atom stereocenters. The van der Waals surface area contributed by atoms with E-state index >= 15 is 0 Å². The van der Waals surface area contributed by atoms with E-state index in [0.29, 0.717) is 12.6 Å². The van der Waals surface area contributed by atoms with Crippen LogP contribution in [0.1, 0.15) is 32.6 Å². The van der Waals surface area contributed by atoms with E-state index in [9.17, 15) is 4.79 Å². The molecule has 27 heavy (non-hydrogen) atoms. The molecule has 0 radical (unpaired) electrons. The molecule has 2 aliphatic rings. The van der Waals surface area contributed by atoms with Gasteiger partial charge in [-0.2, -0.15) is 0 Å². The molecule has 8 nitrogen and oxygen atoms in total. The van der Waals surface area contributed by atoms with Crippen LogP contribution >= 0.6 is 0 Å². The summed E-state index contributed by atoms with van der Waals surface area (Å²) in [6.45, 7) is 10.5. The molecule has 2 fully saturated rings. The zero-order chi connectivity index (χ0) is 19.5. The van der Waals surface area contributed by atoms with Crippen molar-refractivity contribution in [2.24, 2.45) is 4.99 Å². The van der Waals surface area contributed by atoms with Gasteiger partial charge < -0.3 is 30.1 Å². The Balaban J connectivity index is 1.60. The van der Waals surface area contributed by atoms with Crippen molar-refractivity contribution in [1.82, 2.24) is 25.3 Å². The molecule has 2 rings (SSSR count). The Morgan fingerprint density at radius 3 is 2.63 bits per heavy atom. The maximum Gasteiger partial charge on any atom is 0.409 e. The van der Waals surface area contributed by atoms with Crippen molar-refractivity contribution in [2.75, 3.05) is 73.1 Å². The average molecular weight is 383 g/mol. The molecular formula is C19H38N6O2. The molecule has 2 aliphatic heterocycles. The second-order valence-electron chi connectivity index (χ2n) is 7.46. The lowest BCUT2D eigenvalue weighted by Crippen LogP contribution is -2.50. The van der Waals surface area contributed by atoms with E-state index in [-0.39, 0.29) is 6.09 Å². The molecule has 8 heteroatoms. The average Bonchev–Trinajstić information content (AvgIpc) is 2.89. The normalized spacial score (nSPS) is 21.0. The molecule has 2 saturated heterocycles. The van der Waals surface area contributed by atoms with Gasteiger partial charge in [-0.1, -0.05) is 0 Å². The van der Waals surface area contributed by atoms with Gasteiger partial charge in [-0.3, -0.25) is 4.99 Å².